The Labute approximate surface area is 119 Å². The fourth-order valence-corrected chi connectivity index (χ4v) is 2.06. The number of nitrogens with one attached hydrogen (secondary N) is 1. The first-order valence-electron chi connectivity index (χ1n) is 6.83. The molecule has 0 radical (unpaired) electrons. The molecule has 0 aliphatic heterocycles. The Morgan fingerprint density at radius 2 is 2.20 bits per heavy atom. The van der Waals surface area contributed by atoms with Crippen molar-refractivity contribution < 1.29 is 0 Å². The lowest BCUT2D eigenvalue weighted by Gasteiger charge is -2.19. The molecule has 2 heterocycles. The minimum Gasteiger partial charge on any atom is -0.362 e. The SMILES string of the molecule is CCC(Cn1ccnc1)Nc1ncc(C)c(N(C)C)n1. The molecule has 0 saturated carbocycles. The quantitative estimate of drug-likeness (QED) is 0.872. The van der Waals surface area contributed by atoms with E-state index in [4.69, 9.17) is 0 Å². The van der Waals surface area contributed by atoms with Crippen molar-refractivity contribution in [1.82, 2.24) is 19.5 Å². The summed E-state index contributed by atoms with van der Waals surface area (Å²) in [6.45, 7) is 5.02. The molecule has 1 unspecified atom stereocenters. The van der Waals surface area contributed by atoms with E-state index in [0.29, 0.717) is 5.95 Å². The maximum Gasteiger partial charge on any atom is 0.224 e. The summed E-state index contributed by atoms with van der Waals surface area (Å²) in [5.74, 6) is 1.62. The zero-order valence-corrected chi connectivity index (χ0v) is 12.5. The molecule has 20 heavy (non-hydrogen) atoms. The van der Waals surface area contributed by atoms with Crippen molar-refractivity contribution in [3.8, 4) is 0 Å². The summed E-state index contributed by atoms with van der Waals surface area (Å²) in [6, 6.07) is 0.280. The fourth-order valence-electron chi connectivity index (χ4n) is 2.06. The van der Waals surface area contributed by atoms with Gasteiger partial charge in [-0.25, -0.2) is 9.97 Å². The number of rotatable bonds is 6. The predicted molar refractivity (Wildman–Crippen MR) is 81.0 cm³/mol. The van der Waals surface area contributed by atoms with Gasteiger partial charge < -0.3 is 14.8 Å². The number of anilines is 2. The highest BCUT2D eigenvalue weighted by molar-refractivity contribution is 5.47. The predicted octanol–water partition coefficient (Wildman–Crippen LogP) is 1.94. The van der Waals surface area contributed by atoms with Crippen LogP contribution in [-0.2, 0) is 6.54 Å². The Bertz CT molecular complexity index is 535. The highest BCUT2D eigenvalue weighted by Crippen LogP contribution is 2.16. The molecule has 108 valence electrons. The molecule has 2 rings (SSSR count). The molecule has 0 bridgehead atoms. The smallest absolute Gasteiger partial charge is 0.224 e. The molecule has 0 fully saturated rings. The molecule has 2 aromatic heterocycles. The Hall–Kier alpha value is -2.11. The molecule has 0 aromatic carbocycles. The molecule has 6 nitrogen and oxygen atoms in total. The molecular weight excluding hydrogens is 252 g/mol. The molecule has 0 aliphatic rings. The highest BCUT2D eigenvalue weighted by Gasteiger charge is 2.11. The van der Waals surface area contributed by atoms with Gasteiger partial charge in [0.1, 0.15) is 5.82 Å². The first-order valence-corrected chi connectivity index (χ1v) is 6.83. The van der Waals surface area contributed by atoms with Crippen molar-refractivity contribution >= 4 is 11.8 Å². The second kappa shape index (κ2) is 6.36. The van der Waals surface area contributed by atoms with Crippen molar-refractivity contribution in [2.24, 2.45) is 0 Å². The van der Waals surface area contributed by atoms with Crippen LogP contribution < -0.4 is 10.2 Å². The van der Waals surface area contributed by atoms with E-state index in [1.807, 2.05) is 44.6 Å². The number of hydrogen-bond donors (Lipinski definition) is 1. The van der Waals surface area contributed by atoms with Crippen LogP contribution in [0.1, 0.15) is 18.9 Å². The number of nitrogens with zero attached hydrogens (tertiary/aromatic N) is 5. The van der Waals surface area contributed by atoms with Crippen molar-refractivity contribution in [2.45, 2.75) is 32.9 Å². The van der Waals surface area contributed by atoms with E-state index in [1.165, 1.54) is 0 Å². The molecule has 6 heteroatoms. The third-order valence-electron chi connectivity index (χ3n) is 3.19. The van der Waals surface area contributed by atoms with Gasteiger partial charge >= 0.3 is 0 Å². The van der Waals surface area contributed by atoms with Gasteiger partial charge in [-0.15, -0.1) is 0 Å². The van der Waals surface area contributed by atoms with E-state index >= 15 is 0 Å². The van der Waals surface area contributed by atoms with Crippen LogP contribution in [0.15, 0.2) is 24.9 Å². The zero-order valence-electron chi connectivity index (χ0n) is 12.5. The Balaban J connectivity index is 2.09. The lowest BCUT2D eigenvalue weighted by molar-refractivity contribution is 0.565. The van der Waals surface area contributed by atoms with Crippen LogP contribution in [0.4, 0.5) is 11.8 Å². The summed E-state index contributed by atoms with van der Waals surface area (Å²) < 4.78 is 2.06. The van der Waals surface area contributed by atoms with Gasteiger partial charge in [-0.05, 0) is 13.3 Å². The molecule has 1 atom stereocenters. The van der Waals surface area contributed by atoms with E-state index in [0.717, 1.165) is 24.3 Å². The fraction of sp³-hybridized carbons (Fsp3) is 0.500. The number of hydrogen-bond acceptors (Lipinski definition) is 5. The summed E-state index contributed by atoms with van der Waals surface area (Å²) >= 11 is 0. The van der Waals surface area contributed by atoms with Gasteiger partial charge in [-0.2, -0.15) is 4.98 Å². The van der Waals surface area contributed by atoms with Crippen LogP contribution in [0.2, 0.25) is 0 Å². The zero-order chi connectivity index (χ0) is 14.5. The van der Waals surface area contributed by atoms with Crippen molar-refractivity contribution in [3.05, 3.63) is 30.5 Å². The van der Waals surface area contributed by atoms with Crippen LogP contribution in [0.5, 0.6) is 0 Å². The Morgan fingerprint density at radius 1 is 1.40 bits per heavy atom. The second-order valence-electron chi connectivity index (χ2n) is 5.10. The first-order chi connectivity index (χ1) is 9.60. The lowest BCUT2D eigenvalue weighted by Crippen LogP contribution is -2.26. The minimum atomic E-state index is 0.280. The van der Waals surface area contributed by atoms with Crippen molar-refractivity contribution in [2.75, 3.05) is 24.3 Å². The van der Waals surface area contributed by atoms with Gasteiger partial charge in [-0.3, -0.25) is 0 Å². The van der Waals surface area contributed by atoms with Crippen LogP contribution in [-0.4, -0.2) is 39.7 Å². The van der Waals surface area contributed by atoms with Gasteiger partial charge in [0.25, 0.3) is 0 Å². The van der Waals surface area contributed by atoms with E-state index in [9.17, 15) is 0 Å². The lowest BCUT2D eigenvalue weighted by atomic mass is 10.2. The summed E-state index contributed by atoms with van der Waals surface area (Å²) in [6.07, 6.45) is 8.43. The average Bonchev–Trinajstić information content (AvgIpc) is 2.92. The Morgan fingerprint density at radius 3 is 2.80 bits per heavy atom. The van der Waals surface area contributed by atoms with Gasteiger partial charge in [0, 0.05) is 50.8 Å². The molecule has 0 aliphatic carbocycles. The van der Waals surface area contributed by atoms with Crippen LogP contribution in [0.25, 0.3) is 0 Å². The summed E-state index contributed by atoms with van der Waals surface area (Å²) in [5, 5.41) is 3.39. The van der Waals surface area contributed by atoms with Crippen LogP contribution in [0.3, 0.4) is 0 Å². The van der Waals surface area contributed by atoms with E-state index in [1.54, 1.807) is 6.20 Å². The Kier molecular flexibility index (Phi) is 4.55. The number of aryl methyl sites for hydroxylation is 1. The molecule has 0 amide bonds. The third-order valence-corrected chi connectivity index (χ3v) is 3.19. The third kappa shape index (κ3) is 3.46. The maximum atomic E-state index is 4.57. The van der Waals surface area contributed by atoms with Gasteiger partial charge in [0.05, 0.1) is 6.33 Å². The number of imidazole rings is 1. The van der Waals surface area contributed by atoms with E-state index < -0.39 is 0 Å². The van der Waals surface area contributed by atoms with Crippen molar-refractivity contribution in [3.63, 3.8) is 0 Å². The minimum absolute atomic E-state index is 0.280. The highest BCUT2D eigenvalue weighted by atomic mass is 15.2. The average molecular weight is 274 g/mol. The summed E-state index contributed by atoms with van der Waals surface area (Å²) in [5.41, 5.74) is 1.07. The van der Waals surface area contributed by atoms with Gasteiger partial charge in [0.15, 0.2) is 0 Å². The largest absolute Gasteiger partial charge is 0.362 e. The summed E-state index contributed by atoms with van der Waals surface area (Å²) in [4.78, 5) is 15.0. The van der Waals surface area contributed by atoms with E-state index in [2.05, 4.69) is 31.8 Å². The van der Waals surface area contributed by atoms with Crippen molar-refractivity contribution in [1.29, 1.82) is 0 Å². The van der Waals surface area contributed by atoms with Crippen LogP contribution in [0, 0.1) is 6.92 Å². The molecular formula is C14H22N6. The molecule has 2 aromatic rings. The number of aromatic nitrogens is 4. The molecule has 1 N–H and O–H groups in total. The van der Waals surface area contributed by atoms with Gasteiger partial charge in [-0.1, -0.05) is 6.92 Å². The maximum absolute atomic E-state index is 4.57. The summed E-state index contributed by atoms with van der Waals surface area (Å²) in [7, 11) is 3.98. The topological polar surface area (TPSA) is 58.9 Å². The molecule has 0 spiro atoms. The molecule has 0 saturated heterocycles. The van der Waals surface area contributed by atoms with E-state index in [-0.39, 0.29) is 6.04 Å². The second-order valence-corrected chi connectivity index (χ2v) is 5.10. The standard InChI is InChI=1S/C14H22N6/c1-5-12(9-20-7-6-15-10-20)17-14-16-8-11(2)13(18-14)19(3)4/h6-8,10,12H,5,9H2,1-4H3,(H,16,17,18). The monoisotopic (exact) mass is 274 g/mol. The normalized spacial score (nSPS) is 12.2. The van der Waals surface area contributed by atoms with Crippen LogP contribution >= 0.6 is 0 Å². The van der Waals surface area contributed by atoms with Gasteiger partial charge in [0.2, 0.25) is 5.95 Å². The first kappa shape index (κ1) is 14.3.